The molecule has 0 aliphatic heterocycles. The monoisotopic (exact) mass is 277 g/mol. The van der Waals surface area contributed by atoms with Crippen LogP contribution in [0, 0.1) is 12.8 Å². The van der Waals surface area contributed by atoms with Gasteiger partial charge in [-0.3, -0.25) is 4.79 Å². The summed E-state index contributed by atoms with van der Waals surface area (Å²) in [4.78, 5) is 23.3. The summed E-state index contributed by atoms with van der Waals surface area (Å²) in [5, 5.41) is 8.35. The van der Waals surface area contributed by atoms with Gasteiger partial charge >= 0.3 is 6.03 Å². The Morgan fingerprint density at radius 2 is 1.90 bits per heavy atom. The molecule has 1 aromatic carbocycles. The Kier molecular flexibility index (Phi) is 6.03. The first-order chi connectivity index (χ1) is 9.43. The van der Waals surface area contributed by atoms with E-state index in [0.717, 1.165) is 12.0 Å². The van der Waals surface area contributed by atoms with E-state index in [0.29, 0.717) is 17.9 Å². The van der Waals surface area contributed by atoms with Crippen LogP contribution in [0.3, 0.4) is 0 Å². The average molecular weight is 277 g/mol. The van der Waals surface area contributed by atoms with E-state index < -0.39 is 0 Å². The van der Waals surface area contributed by atoms with Gasteiger partial charge in [0, 0.05) is 23.8 Å². The first kappa shape index (κ1) is 16.0. The van der Waals surface area contributed by atoms with Gasteiger partial charge in [-0.25, -0.2) is 4.79 Å². The first-order valence-electron chi connectivity index (χ1n) is 6.90. The number of urea groups is 1. The molecule has 0 spiro atoms. The smallest absolute Gasteiger partial charge is 0.319 e. The van der Waals surface area contributed by atoms with Crippen molar-refractivity contribution in [3.05, 3.63) is 23.8 Å². The molecule has 0 aromatic heterocycles. The molecule has 20 heavy (non-hydrogen) atoms. The number of carbonyl (C=O) groups is 2. The number of hydrogen-bond donors (Lipinski definition) is 3. The standard InChI is InChI=1S/C15H23N3O2/c1-5-8-16-15(20)18-13-9-12(7-6-11(13)4)17-14(19)10(2)3/h6-7,9-10H,5,8H2,1-4H3,(H,17,19)(H2,16,18,20). The predicted octanol–water partition coefficient (Wildman–Crippen LogP) is 3.12. The number of nitrogens with one attached hydrogen (secondary N) is 3. The van der Waals surface area contributed by atoms with Gasteiger partial charge in [-0.1, -0.05) is 26.8 Å². The van der Waals surface area contributed by atoms with Crippen LogP contribution in [0.4, 0.5) is 16.2 Å². The summed E-state index contributed by atoms with van der Waals surface area (Å²) in [7, 11) is 0. The molecular formula is C15H23N3O2. The van der Waals surface area contributed by atoms with Crippen LogP contribution in [-0.4, -0.2) is 18.5 Å². The van der Waals surface area contributed by atoms with E-state index in [1.807, 2.05) is 39.8 Å². The topological polar surface area (TPSA) is 70.2 Å². The Morgan fingerprint density at radius 3 is 2.50 bits per heavy atom. The summed E-state index contributed by atoms with van der Waals surface area (Å²) in [6, 6.07) is 5.22. The zero-order valence-corrected chi connectivity index (χ0v) is 12.5. The van der Waals surface area contributed by atoms with E-state index >= 15 is 0 Å². The molecule has 1 rings (SSSR count). The highest BCUT2D eigenvalue weighted by Gasteiger charge is 2.09. The van der Waals surface area contributed by atoms with Crippen LogP contribution < -0.4 is 16.0 Å². The van der Waals surface area contributed by atoms with E-state index in [-0.39, 0.29) is 17.9 Å². The Labute approximate surface area is 120 Å². The zero-order chi connectivity index (χ0) is 15.1. The van der Waals surface area contributed by atoms with Crippen LogP contribution in [-0.2, 0) is 4.79 Å². The van der Waals surface area contributed by atoms with Crippen molar-refractivity contribution >= 4 is 23.3 Å². The minimum absolute atomic E-state index is 0.0461. The Hall–Kier alpha value is -2.04. The van der Waals surface area contributed by atoms with E-state index in [1.165, 1.54) is 0 Å². The molecule has 0 saturated carbocycles. The molecule has 0 atom stereocenters. The van der Waals surface area contributed by atoms with Crippen molar-refractivity contribution in [3.8, 4) is 0 Å². The minimum atomic E-state index is -0.234. The van der Waals surface area contributed by atoms with Gasteiger partial charge < -0.3 is 16.0 Å². The fraction of sp³-hybridized carbons (Fsp3) is 0.467. The molecule has 110 valence electrons. The highest BCUT2D eigenvalue weighted by atomic mass is 16.2. The van der Waals surface area contributed by atoms with Crippen molar-refractivity contribution < 1.29 is 9.59 Å². The van der Waals surface area contributed by atoms with Crippen molar-refractivity contribution in [3.63, 3.8) is 0 Å². The van der Waals surface area contributed by atoms with E-state index in [4.69, 9.17) is 0 Å². The molecule has 0 aliphatic rings. The molecule has 1 aromatic rings. The van der Waals surface area contributed by atoms with Gasteiger partial charge in [0.05, 0.1) is 0 Å². The lowest BCUT2D eigenvalue weighted by atomic mass is 10.1. The molecule has 0 radical (unpaired) electrons. The number of rotatable bonds is 5. The Morgan fingerprint density at radius 1 is 1.20 bits per heavy atom. The highest BCUT2D eigenvalue weighted by Crippen LogP contribution is 2.20. The summed E-state index contributed by atoms with van der Waals surface area (Å²) in [5.74, 6) is -0.129. The maximum Gasteiger partial charge on any atom is 0.319 e. The van der Waals surface area contributed by atoms with Crippen molar-refractivity contribution in [2.75, 3.05) is 17.2 Å². The second kappa shape index (κ2) is 7.53. The molecule has 3 N–H and O–H groups in total. The zero-order valence-electron chi connectivity index (χ0n) is 12.5. The van der Waals surface area contributed by atoms with Crippen LogP contribution in [0.5, 0.6) is 0 Å². The maximum atomic E-state index is 11.7. The Balaban J connectivity index is 2.76. The molecule has 0 heterocycles. The molecule has 0 aliphatic carbocycles. The largest absolute Gasteiger partial charge is 0.338 e. The first-order valence-corrected chi connectivity index (χ1v) is 6.90. The quantitative estimate of drug-likeness (QED) is 0.774. The third-order valence-electron chi connectivity index (χ3n) is 2.81. The van der Waals surface area contributed by atoms with Crippen molar-refractivity contribution in [1.82, 2.24) is 5.32 Å². The molecule has 0 bridgehead atoms. The number of aryl methyl sites for hydroxylation is 1. The summed E-state index contributed by atoms with van der Waals surface area (Å²) < 4.78 is 0. The second-order valence-corrected chi connectivity index (χ2v) is 5.05. The van der Waals surface area contributed by atoms with Crippen molar-refractivity contribution in [2.24, 2.45) is 5.92 Å². The van der Waals surface area contributed by atoms with Gasteiger partial charge in [0.25, 0.3) is 0 Å². The van der Waals surface area contributed by atoms with Crippen molar-refractivity contribution in [1.29, 1.82) is 0 Å². The second-order valence-electron chi connectivity index (χ2n) is 5.05. The SMILES string of the molecule is CCCNC(=O)Nc1cc(NC(=O)C(C)C)ccc1C. The number of hydrogen-bond acceptors (Lipinski definition) is 2. The normalized spacial score (nSPS) is 10.2. The predicted molar refractivity (Wildman–Crippen MR) is 82.0 cm³/mol. The van der Waals surface area contributed by atoms with Gasteiger partial charge in [0.15, 0.2) is 0 Å². The number of benzene rings is 1. The molecule has 0 fully saturated rings. The van der Waals surface area contributed by atoms with Crippen LogP contribution >= 0.6 is 0 Å². The van der Waals surface area contributed by atoms with Gasteiger partial charge in [-0.15, -0.1) is 0 Å². The number of amides is 3. The summed E-state index contributed by atoms with van der Waals surface area (Å²) in [6.07, 6.45) is 0.886. The van der Waals surface area contributed by atoms with Crippen LogP contribution in [0.1, 0.15) is 32.8 Å². The number of anilines is 2. The van der Waals surface area contributed by atoms with Crippen LogP contribution in [0.2, 0.25) is 0 Å². The van der Waals surface area contributed by atoms with Gasteiger partial charge in [0.2, 0.25) is 5.91 Å². The third-order valence-corrected chi connectivity index (χ3v) is 2.81. The number of carbonyl (C=O) groups excluding carboxylic acids is 2. The summed E-state index contributed by atoms with van der Waals surface area (Å²) >= 11 is 0. The van der Waals surface area contributed by atoms with Gasteiger partial charge in [-0.2, -0.15) is 0 Å². The molecular weight excluding hydrogens is 254 g/mol. The van der Waals surface area contributed by atoms with E-state index in [2.05, 4.69) is 16.0 Å². The highest BCUT2D eigenvalue weighted by molar-refractivity contribution is 5.94. The lowest BCUT2D eigenvalue weighted by Gasteiger charge is -2.13. The van der Waals surface area contributed by atoms with Crippen LogP contribution in [0.15, 0.2) is 18.2 Å². The average Bonchev–Trinajstić information content (AvgIpc) is 2.40. The van der Waals surface area contributed by atoms with Gasteiger partial charge in [0.1, 0.15) is 0 Å². The third kappa shape index (κ3) is 4.91. The maximum absolute atomic E-state index is 11.7. The molecule has 5 heteroatoms. The summed E-state index contributed by atoms with van der Waals surface area (Å²) in [5.41, 5.74) is 2.32. The molecule has 0 unspecified atom stereocenters. The molecule has 0 saturated heterocycles. The minimum Gasteiger partial charge on any atom is -0.338 e. The fourth-order valence-electron chi connectivity index (χ4n) is 1.53. The molecule has 5 nitrogen and oxygen atoms in total. The Bertz CT molecular complexity index is 484. The fourth-order valence-corrected chi connectivity index (χ4v) is 1.53. The lowest BCUT2D eigenvalue weighted by Crippen LogP contribution is -2.29. The van der Waals surface area contributed by atoms with E-state index in [9.17, 15) is 9.59 Å². The van der Waals surface area contributed by atoms with Crippen LogP contribution in [0.25, 0.3) is 0 Å². The lowest BCUT2D eigenvalue weighted by molar-refractivity contribution is -0.118. The van der Waals surface area contributed by atoms with E-state index in [1.54, 1.807) is 6.07 Å². The van der Waals surface area contributed by atoms with Crippen molar-refractivity contribution in [2.45, 2.75) is 34.1 Å². The molecule has 3 amide bonds. The summed E-state index contributed by atoms with van der Waals surface area (Å²) in [6.45, 7) is 8.20. The van der Waals surface area contributed by atoms with Gasteiger partial charge in [-0.05, 0) is 31.0 Å².